The fourth-order valence-corrected chi connectivity index (χ4v) is 4.29. The summed E-state index contributed by atoms with van der Waals surface area (Å²) in [7, 11) is 0. The number of carbonyl (C=O) groups is 5. The minimum atomic E-state index is -0.953. The molecule has 0 saturated heterocycles. The third-order valence-corrected chi connectivity index (χ3v) is 6.42. The molecule has 2 aliphatic rings. The van der Waals surface area contributed by atoms with Gasteiger partial charge in [-0.3, -0.25) is 9.59 Å². The fraction of sp³-hybridized carbons (Fsp3) is 0.500. The lowest BCUT2D eigenvalue weighted by Gasteiger charge is -2.27. The summed E-state index contributed by atoms with van der Waals surface area (Å²) >= 11 is 0. The molecular formula is C26H30O11. The van der Waals surface area contributed by atoms with Crippen molar-refractivity contribution in [2.45, 2.75) is 63.6 Å². The van der Waals surface area contributed by atoms with Crippen LogP contribution in [0.1, 0.15) is 61.7 Å². The van der Waals surface area contributed by atoms with Crippen molar-refractivity contribution in [3.63, 3.8) is 0 Å². The Labute approximate surface area is 213 Å². The molecule has 0 bridgehead atoms. The molecule has 0 radical (unpaired) electrons. The van der Waals surface area contributed by atoms with Gasteiger partial charge in [0.05, 0.1) is 17.4 Å². The number of rotatable bonds is 9. The van der Waals surface area contributed by atoms with Crippen molar-refractivity contribution in [2.75, 3.05) is 6.79 Å². The smallest absolute Gasteiger partial charge is 0.481 e. The van der Waals surface area contributed by atoms with E-state index in [0.717, 1.165) is 6.08 Å². The first-order chi connectivity index (χ1) is 17.7. The largest absolute Gasteiger partial charge is 0.511 e. The summed E-state index contributed by atoms with van der Waals surface area (Å²) < 4.78 is 25.3. The second kappa shape index (κ2) is 13.4. The Morgan fingerprint density at radius 3 is 1.95 bits per heavy atom. The lowest BCUT2D eigenvalue weighted by atomic mass is 9.82. The predicted molar refractivity (Wildman–Crippen MR) is 125 cm³/mol. The number of esters is 3. The van der Waals surface area contributed by atoms with E-state index in [2.05, 4.69) is 16.1 Å². The van der Waals surface area contributed by atoms with Gasteiger partial charge in [0.25, 0.3) is 0 Å². The highest BCUT2D eigenvalue weighted by atomic mass is 16.8. The summed E-state index contributed by atoms with van der Waals surface area (Å²) in [5, 5.41) is 9.07. The zero-order valence-corrected chi connectivity index (χ0v) is 20.3. The molecule has 3 rings (SSSR count). The van der Waals surface area contributed by atoms with E-state index in [1.165, 1.54) is 24.3 Å². The monoisotopic (exact) mass is 518 g/mol. The number of carboxylic acids is 1. The van der Waals surface area contributed by atoms with Crippen LogP contribution in [0.5, 0.6) is 5.75 Å². The van der Waals surface area contributed by atoms with Crippen molar-refractivity contribution >= 4 is 30.0 Å². The molecule has 0 heterocycles. The second-order valence-corrected chi connectivity index (χ2v) is 8.93. The average Bonchev–Trinajstić information content (AvgIpc) is 2.90. The number of benzene rings is 1. The molecule has 11 heteroatoms. The zero-order chi connectivity index (χ0) is 26.8. The highest BCUT2D eigenvalue weighted by Gasteiger charge is 2.31. The van der Waals surface area contributed by atoms with Crippen LogP contribution in [0.4, 0.5) is 4.79 Å². The topological polar surface area (TPSA) is 152 Å². The Bertz CT molecular complexity index is 984. The van der Waals surface area contributed by atoms with Crippen LogP contribution in [-0.2, 0) is 33.3 Å². The lowest BCUT2D eigenvalue weighted by molar-refractivity contribution is -0.148. The molecule has 200 valence electrons. The molecule has 0 amide bonds. The highest BCUT2D eigenvalue weighted by molar-refractivity contribution is 5.89. The molecule has 0 atom stereocenters. The van der Waals surface area contributed by atoms with E-state index in [1.807, 2.05) is 0 Å². The minimum Gasteiger partial charge on any atom is -0.481 e. The normalized spacial score (nSPS) is 23.1. The third kappa shape index (κ3) is 8.62. The van der Waals surface area contributed by atoms with E-state index >= 15 is 0 Å². The zero-order valence-electron chi connectivity index (χ0n) is 20.3. The Hall–Kier alpha value is -3.89. The lowest BCUT2D eigenvalue weighted by Crippen LogP contribution is -2.30. The Balaban J connectivity index is 1.36. The highest BCUT2D eigenvalue weighted by Crippen LogP contribution is 2.30. The van der Waals surface area contributed by atoms with Gasteiger partial charge in [-0.05, 0) is 75.6 Å². The molecule has 2 saturated carbocycles. The number of carboxylic acid groups (broad SMARTS) is 1. The van der Waals surface area contributed by atoms with E-state index in [4.69, 9.17) is 19.3 Å². The van der Waals surface area contributed by atoms with Crippen LogP contribution in [0.3, 0.4) is 0 Å². The maximum Gasteiger partial charge on any atom is 0.511 e. The van der Waals surface area contributed by atoms with E-state index in [1.54, 1.807) is 0 Å². The Morgan fingerprint density at radius 1 is 0.811 bits per heavy atom. The summed E-state index contributed by atoms with van der Waals surface area (Å²) in [4.78, 5) is 58.5. The molecule has 37 heavy (non-hydrogen) atoms. The molecular weight excluding hydrogens is 488 g/mol. The maximum absolute atomic E-state index is 12.5. The number of ether oxygens (including phenoxy) is 5. The minimum absolute atomic E-state index is 0.297. The average molecular weight is 519 g/mol. The Kier molecular flexibility index (Phi) is 10.0. The third-order valence-electron chi connectivity index (χ3n) is 6.42. The maximum atomic E-state index is 12.5. The van der Waals surface area contributed by atoms with Crippen LogP contribution < -0.4 is 4.74 Å². The SMILES string of the molecule is C=CC(=O)OCOC(=O)OC1CCC(OC(=O)c2ccc(OC(=O)C3CCC(C(=O)O)CC3)cc2)CC1. The van der Waals surface area contributed by atoms with Gasteiger partial charge in [0.1, 0.15) is 18.0 Å². The number of aliphatic carboxylic acids is 1. The van der Waals surface area contributed by atoms with E-state index in [-0.39, 0.29) is 12.0 Å². The molecule has 1 N–H and O–H groups in total. The predicted octanol–water partition coefficient (Wildman–Crippen LogP) is 3.79. The van der Waals surface area contributed by atoms with Crippen LogP contribution in [0.25, 0.3) is 0 Å². The van der Waals surface area contributed by atoms with Crippen molar-refractivity contribution in [1.29, 1.82) is 0 Å². The van der Waals surface area contributed by atoms with Crippen molar-refractivity contribution in [2.24, 2.45) is 11.8 Å². The molecule has 2 fully saturated rings. The van der Waals surface area contributed by atoms with Crippen molar-refractivity contribution in [1.82, 2.24) is 0 Å². The van der Waals surface area contributed by atoms with Gasteiger partial charge in [-0.1, -0.05) is 6.58 Å². The number of hydrogen-bond acceptors (Lipinski definition) is 10. The molecule has 1 aromatic carbocycles. The molecule has 0 unspecified atom stereocenters. The molecule has 2 aliphatic carbocycles. The molecule has 1 aromatic rings. The molecule has 0 spiro atoms. The molecule has 0 aromatic heterocycles. The fourth-order valence-electron chi connectivity index (χ4n) is 4.29. The van der Waals surface area contributed by atoms with E-state index in [0.29, 0.717) is 62.7 Å². The van der Waals surface area contributed by atoms with E-state index < -0.39 is 48.8 Å². The second-order valence-electron chi connectivity index (χ2n) is 8.93. The summed E-state index contributed by atoms with van der Waals surface area (Å²) in [5.74, 6) is -2.92. The Morgan fingerprint density at radius 2 is 1.38 bits per heavy atom. The van der Waals surface area contributed by atoms with Gasteiger partial charge in [-0.15, -0.1) is 0 Å². The van der Waals surface area contributed by atoms with Gasteiger partial charge in [0, 0.05) is 6.08 Å². The first-order valence-electron chi connectivity index (χ1n) is 12.1. The standard InChI is InChI=1S/C26H30O11/c1-2-22(27)33-15-34-26(32)37-21-13-11-20(12-14-21)36-25(31)18-7-9-19(10-8-18)35-24(30)17-5-3-16(4-6-17)23(28)29/h2,7-10,16-17,20-21H,1,3-6,11-15H2,(H,28,29). The quantitative estimate of drug-likeness (QED) is 0.167. The van der Waals surface area contributed by atoms with Crippen molar-refractivity contribution in [3.8, 4) is 5.75 Å². The summed E-state index contributed by atoms with van der Waals surface area (Å²) in [5.41, 5.74) is 0.304. The summed E-state index contributed by atoms with van der Waals surface area (Å²) in [6, 6.07) is 6.05. The van der Waals surface area contributed by atoms with Gasteiger partial charge < -0.3 is 28.8 Å². The van der Waals surface area contributed by atoms with Crippen LogP contribution >= 0.6 is 0 Å². The molecule has 0 aliphatic heterocycles. The van der Waals surface area contributed by atoms with Gasteiger partial charge in [-0.25, -0.2) is 14.4 Å². The van der Waals surface area contributed by atoms with Gasteiger partial charge in [-0.2, -0.15) is 0 Å². The van der Waals surface area contributed by atoms with Crippen LogP contribution in [-0.4, -0.2) is 54.1 Å². The number of carbonyl (C=O) groups excluding carboxylic acids is 4. The van der Waals surface area contributed by atoms with Gasteiger partial charge >= 0.3 is 30.0 Å². The van der Waals surface area contributed by atoms with Crippen molar-refractivity contribution < 1.29 is 52.8 Å². The van der Waals surface area contributed by atoms with Crippen molar-refractivity contribution in [3.05, 3.63) is 42.5 Å². The van der Waals surface area contributed by atoms with E-state index in [9.17, 15) is 24.0 Å². The van der Waals surface area contributed by atoms with Gasteiger partial charge in [0.15, 0.2) is 0 Å². The summed E-state index contributed by atoms with van der Waals surface area (Å²) in [6.45, 7) is 2.65. The van der Waals surface area contributed by atoms with Crippen LogP contribution in [0.2, 0.25) is 0 Å². The first kappa shape index (κ1) is 27.7. The molecule has 11 nitrogen and oxygen atoms in total. The summed E-state index contributed by atoms with van der Waals surface area (Å²) in [6.07, 6.45) is 3.04. The van der Waals surface area contributed by atoms with Gasteiger partial charge in [0.2, 0.25) is 6.79 Å². The number of hydrogen-bond donors (Lipinski definition) is 1. The van der Waals surface area contributed by atoms with Crippen LogP contribution in [0, 0.1) is 11.8 Å². The van der Waals surface area contributed by atoms with Crippen LogP contribution in [0.15, 0.2) is 36.9 Å². The first-order valence-corrected chi connectivity index (χ1v) is 12.1.